The minimum atomic E-state index is 0.366. The number of benzene rings is 1. The zero-order chi connectivity index (χ0) is 9.84. The van der Waals surface area contributed by atoms with E-state index < -0.39 is 0 Å². The van der Waals surface area contributed by atoms with Gasteiger partial charge in [0.15, 0.2) is 0 Å². The van der Waals surface area contributed by atoms with E-state index >= 15 is 0 Å². The molecule has 0 spiro atoms. The van der Waals surface area contributed by atoms with Gasteiger partial charge in [0.1, 0.15) is 11.8 Å². The highest BCUT2D eigenvalue weighted by atomic mass is 79.9. The topological polar surface area (TPSA) is 59.0 Å². The van der Waals surface area contributed by atoms with E-state index in [0.717, 1.165) is 10.0 Å². The van der Waals surface area contributed by atoms with Crippen LogP contribution in [0.5, 0.6) is 5.75 Å². The minimum absolute atomic E-state index is 0.366. The highest BCUT2D eigenvalue weighted by molar-refractivity contribution is 9.10. The quantitative estimate of drug-likeness (QED) is 0.858. The van der Waals surface area contributed by atoms with Gasteiger partial charge in [0.05, 0.1) is 12.7 Å². The van der Waals surface area contributed by atoms with Crippen LogP contribution in [-0.4, -0.2) is 7.11 Å². The second-order valence-corrected chi connectivity index (χ2v) is 3.31. The molecule has 2 N–H and O–H groups in total. The van der Waals surface area contributed by atoms with Crippen LogP contribution >= 0.6 is 15.9 Å². The molecular weight excluding hydrogens is 232 g/mol. The average Bonchev–Trinajstić information content (AvgIpc) is 2.17. The van der Waals surface area contributed by atoms with E-state index in [1.807, 2.05) is 0 Å². The third-order valence-corrected chi connectivity index (χ3v) is 2.37. The van der Waals surface area contributed by atoms with Crippen LogP contribution in [-0.2, 0) is 6.54 Å². The van der Waals surface area contributed by atoms with Gasteiger partial charge in [0, 0.05) is 16.6 Å². The molecule has 4 heteroatoms. The SMILES string of the molecule is COc1cc(Br)c(C#N)cc1CN. The van der Waals surface area contributed by atoms with Crippen molar-refractivity contribution >= 4 is 15.9 Å². The Morgan fingerprint density at radius 2 is 2.31 bits per heavy atom. The first-order chi connectivity index (χ1) is 6.22. The van der Waals surface area contributed by atoms with E-state index in [1.54, 1.807) is 19.2 Å². The Morgan fingerprint density at radius 3 is 2.77 bits per heavy atom. The van der Waals surface area contributed by atoms with Gasteiger partial charge < -0.3 is 10.5 Å². The van der Waals surface area contributed by atoms with E-state index in [-0.39, 0.29) is 0 Å². The molecule has 1 aromatic rings. The van der Waals surface area contributed by atoms with Crippen molar-refractivity contribution in [2.24, 2.45) is 5.73 Å². The molecule has 13 heavy (non-hydrogen) atoms. The number of nitrogens with zero attached hydrogens (tertiary/aromatic N) is 1. The Bertz CT molecular complexity index is 357. The van der Waals surface area contributed by atoms with Gasteiger partial charge in [-0.25, -0.2) is 0 Å². The Kier molecular flexibility index (Phi) is 3.29. The third-order valence-electron chi connectivity index (χ3n) is 1.71. The summed E-state index contributed by atoms with van der Waals surface area (Å²) in [7, 11) is 1.58. The summed E-state index contributed by atoms with van der Waals surface area (Å²) in [6, 6.07) is 5.54. The fourth-order valence-electron chi connectivity index (χ4n) is 1.04. The summed E-state index contributed by atoms with van der Waals surface area (Å²) in [5, 5.41) is 8.74. The summed E-state index contributed by atoms with van der Waals surface area (Å²) in [6.45, 7) is 0.366. The molecular formula is C9H9BrN2O. The van der Waals surface area contributed by atoms with Crippen LogP contribution < -0.4 is 10.5 Å². The van der Waals surface area contributed by atoms with Crippen molar-refractivity contribution in [2.45, 2.75) is 6.54 Å². The van der Waals surface area contributed by atoms with E-state index in [2.05, 4.69) is 22.0 Å². The van der Waals surface area contributed by atoms with Gasteiger partial charge in [-0.2, -0.15) is 5.26 Å². The van der Waals surface area contributed by atoms with Crippen LogP contribution in [0.1, 0.15) is 11.1 Å². The highest BCUT2D eigenvalue weighted by Gasteiger charge is 2.06. The lowest BCUT2D eigenvalue weighted by molar-refractivity contribution is 0.409. The van der Waals surface area contributed by atoms with Crippen molar-refractivity contribution in [3.05, 3.63) is 27.7 Å². The Balaban J connectivity index is 3.28. The van der Waals surface area contributed by atoms with Gasteiger partial charge in [-0.1, -0.05) is 0 Å². The molecule has 0 atom stereocenters. The van der Waals surface area contributed by atoms with Gasteiger partial charge in [-0.05, 0) is 28.1 Å². The molecule has 0 aliphatic rings. The Hall–Kier alpha value is -1.05. The molecule has 3 nitrogen and oxygen atoms in total. The number of methoxy groups -OCH3 is 1. The van der Waals surface area contributed by atoms with E-state index in [1.165, 1.54) is 0 Å². The molecule has 1 rings (SSSR count). The number of halogens is 1. The van der Waals surface area contributed by atoms with Crippen LogP contribution in [0, 0.1) is 11.3 Å². The summed E-state index contributed by atoms with van der Waals surface area (Å²) in [6.07, 6.45) is 0. The molecule has 0 unspecified atom stereocenters. The van der Waals surface area contributed by atoms with Crippen molar-refractivity contribution < 1.29 is 4.74 Å². The predicted octanol–water partition coefficient (Wildman–Crippen LogP) is 1.79. The lowest BCUT2D eigenvalue weighted by Gasteiger charge is -2.07. The number of hydrogen-bond donors (Lipinski definition) is 1. The van der Waals surface area contributed by atoms with Gasteiger partial charge >= 0.3 is 0 Å². The fourth-order valence-corrected chi connectivity index (χ4v) is 1.45. The van der Waals surface area contributed by atoms with Gasteiger partial charge in [0.25, 0.3) is 0 Å². The summed E-state index contributed by atoms with van der Waals surface area (Å²) in [5.41, 5.74) is 6.90. The maximum absolute atomic E-state index is 8.74. The maximum atomic E-state index is 8.74. The average molecular weight is 241 g/mol. The van der Waals surface area contributed by atoms with Crippen molar-refractivity contribution in [3.63, 3.8) is 0 Å². The summed E-state index contributed by atoms with van der Waals surface area (Å²) < 4.78 is 5.82. The van der Waals surface area contributed by atoms with Crippen LogP contribution in [0.2, 0.25) is 0 Å². The number of rotatable bonds is 2. The van der Waals surface area contributed by atoms with Crippen molar-refractivity contribution in [3.8, 4) is 11.8 Å². The molecule has 0 bridgehead atoms. The van der Waals surface area contributed by atoms with Gasteiger partial charge in [-0.3, -0.25) is 0 Å². The predicted molar refractivity (Wildman–Crippen MR) is 53.3 cm³/mol. The van der Waals surface area contributed by atoms with Gasteiger partial charge in [0.2, 0.25) is 0 Å². The second-order valence-electron chi connectivity index (χ2n) is 2.46. The Morgan fingerprint density at radius 1 is 1.62 bits per heavy atom. The molecule has 68 valence electrons. The first-order valence-electron chi connectivity index (χ1n) is 3.69. The first kappa shape index (κ1) is 10.0. The van der Waals surface area contributed by atoms with Crippen LogP contribution in [0.15, 0.2) is 16.6 Å². The monoisotopic (exact) mass is 240 g/mol. The fraction of sp³-hybridized carbons (Fsp3) is 0.222. The number of nitriles is 1. The standard InChI is InChI=1S/C9H9BrN2O/c1-13-9-3-8(10)6(4-11)2-7(9)5-12/h2-3H,5,12H2,1H3. The third kappa shape index (κ3) is 2.00. The van der Waals surface area contributed by atoms with Crippen molar-refractivity contribution in [1.82, 2.24) is 0 Å². The molecule has 0 aliphatic heterocycles. The molecule has 0 aromatic heterocycles. The zero-order valence-corrected chi connectivity index (χ0v) is 8.76. The largest absolute Gasteiger partial charge is 0.496 e. The van der Waals surface area contributed by atoms with E-state index in [0.29, 0.717) is 17.9 Å². The minimum Gasteiger partial charge on any atom is -0.496 e. The zero-order valence-electron chi connectivity index (χ0n) is 7.17. The summed E-state index contributed by atoms with van der Waals surface area (Å²) >= 11 is 3.27. The number of nitrogens with two attached hydrogens (primary N) is 1. The first-order valence-corrected chi connectivity index (χ1v) is 4.48. The van der Waals surface area contributed by atoms with Crippen molar-refractivity contribution in [1.29, 1.82) is 5.26 Å². The molecule has 0 aliphatic carbocycles. The summed E-state index contributed by atoms with van der Waals surface area (Å²) in [4.78, 5) is 0. The lowest BCUT2D eigenvalue weighted by Crippen LogP contribution is -2.00. The molecule has 0 heterocycles. The maximum Gasteiger partial charge on any atom is 0.124 e. The van der Waals surface area contributed by atoms with Crippen LogP contribution in [0.4, 0.5) is 0 Å². The molecule has 0 radical (unpaired) electrons. The molecule has 0 saturated carbocycles. The molecule has 0 saturated heterocycles. The summed E-state index contributed by atoms with van der Waals surface area (Å²) in [5.74, 6) is 0.702. The van der Waals surface area contributed by atoms with Gasteiger partial charge in [-0.15, -0.1) is 0 Å². The molecule has 0 fully saturated rings. The smallest absolute Gasteiger partial charge is 0.124 e. The normalized spacial score (nSPS) is 9.38. The molecule has 0 amide bonds. The lowest BCUT2D eigenvalue weighted by atomic mass is 10.1. The van der Waals surface area contributed by atoms with Crippen LogP contribution in [0.3, 0.4) is 0 Å². The highest BCUT2D eigenvalue weighted by Crippen LogP contribution is 2.26. The Labute approximate surface area is 85.2 Å². The number of hydrogen-bond acceptors (Lipinski definition) is 3. The van der Waals surface area contributed by atoms with E-state index in [9.17, 15) is 0 Å². The second kappa shape index (κ2) is 4.26. The van der Waals surface area contributed by atoms with Crippen molar-refractivity contribution in [2.75, 3.05) is 7.11 Å². The number of ether oxygens (including phenoxy) is 1. The van der Waals surface area contributed by atoms with E-state index in [4.69, 9.17) is 15.7 Å². The van der Waals surface area contributed by atoms with Crippen LogP contribution in [0.25, 0.3) is 0 Å². The molecule has 1 aromatic carbocycles.